The molecular formula is C13H15ClN2S. The summed E-state index contributed by atoms with van der Waals surface area (Å²) < 4.78 is 1.28. The van der Waals surface area contributed by atoms with Crippen LogP contribution < -0.4 is 4.90 Å². The molecule has 0 bridgehead atoms. The lowest BCUT2D eigenvalue weighted by atomic mass is 10.1. The third kappa shape index (κ3) is 2.26. The molecule has 1 aliphatic rings. The molecule has 2 heterocycles. The first-order valence-corrected chi connectivity index (χ1v) is 7.38. The van der Waals surface area contributed by atoms with Crippen LogP contribution in [0.2, 0.25) is 0 Å². The maximum absolute atomic E-state index is 5.81. The number of aromatic nitrogens is 1. The Balaban J connectivity index is 1.80. The SMILES string of the molecule is ClCCC1CCN(c2nc3ccccc3s2)C1. The zero-order valence-electron chi connectivity index (χ0n) is 9.60. The first kappa shape index (κ1) is 11.3. The third-order valence-corrected chi connectivity index (χ3v) is 4.67. The zero-order valence-corrected chi connectivity index (χ0v) is 11.2. The van der Waals surface area contributed by atoms with Crippen molar-refractivity contribution in [3.8, 4) is 0 Å². The van der Waals surface area contributed by atoms with Gasteiger partial charge in [0.25, 0.3) is 0 Å². The average Bonchev–Trinajstić information content (AvgIpc) is 2.94. The fourth-order valence-electron chi connectivity index (χ4n) is 2.39. The Hall–Kier alpha value is -0.800. The molecule has 4 heteroatoms. The molecule has 0 spiro atoms. The normalized spacial score (nSPS) is 20.3. The maximum Gasteiger partial charge on any atom is 0.186 e. The van der Waals surface area contributed by atoms with Crippen LogP contribution in [0, 0.1) is 5.92 Å². The predicted octanol–water partition coefficient (Wildman–Crippen LogP) is 3.75. The molecule has 90 valence electrons. The Morgan fingerprint density at radius 1 is 1.41 bits per heavy atom. The minimum absolute atomic E-state index is 0.750. The molecule has 1 aliphatic heterocycles. The van der Waals surface area contributed by atoms with Crippen molar-refractivity contribution in [2.24, 2.45) is 5.92 Å². The summed E-state index contributed by atoms with van der Waals surface area (Å²) in [5.41, 5.74) is 1.12. The van der Waals surface area contributed by atoms with E-state index in [1.807, 2.05) is 6.07 Å². The van der Waals surface area contributed by atoms with E-state index < -0.39 is 0 Å². The van der Waals surface area contributed by atoms with Crippen LogP contribution in [0.5, 0.6) is 0 Å². The van der Waals surface area contributed by atoms with Crippen molar-refractivity contribution in [3.05, 3.63) is 24.3 Å². The Morgan fingerprint density at radius 3 is 3.12 bits per heavy atom. The van der Waals surface area contributed by atoms with E-state index in [-0.39, 0.29) is 0 Å². The Bertz CT molecular complexity index is 478. The van der Waals surface area contributed by atoms with Gasteiger partial charge in [0.1, 0.15) is 0 Å². The predicted molar refractivity (Wildman–Crippen MR) is 75.3 cm³/mol. The monoisotopic (exact) mass is 266 g/mol. The maximum atomic E-state index is 5.81. The highest BCUT2D eigenvalue weighted by Crippen LogP contribution is 2.32. The van der Waals surface area contributed by atoms with Gasteiger partial charge in [0.15, 0.2) is 5.13 Å². The van der Waals surface area contributed by atoms with Crippen LogP contribution in [-0.4, -0.2) is 24.0 Å². The molecule has 0 amide bonds. The van der Waals surface area contributed by atoms with Crippen LogP contribution in [-0.2, 0) is 0 Å². The highest BCUT2D eigenvalue weighted by Gasteiger charge is 2.24. The van der Waals surface area contributed by atoms with Crippen LogP contribution in [0.4, 0.5) is 5.13 Å². The van der Waals surface area contributed by atoms with Crippen molar-refractivity contribution in [2.45, 2.75) is 12.8 Å². The molecule has 2 aromatic rings. The van der Waals surface area contributed by atoms with E-state index in [2.05, 4.69) is 23.1 Å². The third-order valence-electron chi connectivity index (χ3n) is 3.36. The van der Waals surface area contributed by atoms with Crippen LogP contribution in [0.3, 0.4) is 0 Å². The van der Waals surface area contributed by atoms with Crippen LogP contribution in [0.25, 0.3) is 10.2 Å². The molecule has 1 aromatic carbocycles. The van der Waals surface area contributed by atoms with Gasteiger partial charge in [-0.2, -0.15) is 0 Å². The van der Waals surface area contributed by atoms with Gasteiger partial charge in [-0.1, -0.05) is 23.5 Å². The molecule has 17 heavy (non-hydrogen) atoms. The summed E-state index contributed by atoms with van der Waals surface area (Å²) in [5.74, 6) is 1.53. The van der Waals surface area contributed by atoms with Gasteiger partial charge >= 0.3 is 0 Å². The van der Waals surface area contributed by atoms with E-state index in [0.29, 0.717) is 0 Å². The Labute approximate surface area is 110 Å². The standard InChI is InChI=1S/C13H15ClN2S/c14-7-5-10-6-8-16(9-10)13-15-11-3-1-2-4-12(11)17-13/h1-4,10H,5-9H2. The smallest absolute Gasteiger partial charge is 0.186 e. The number of hydrogen-bond acceptors (Lipinski definition) is 3. The molecular weight excluding hydrogens is 252 g/mol. The summed E-state index contributed by atoms with van der Waals surface area (Å²) >= 11 is 7.60. The second kappa shape index (κ2) is 4.83. The molecule has 2 nitrogen and oxygen atoms in total. The van der Waals surface area contributed by atoms with Gasteiger partial charge in [0, 0.05) is 19.0 Å². The van der Waals surface area contributed by atoms with Gasteiger partial charge < -0.3 is 4.90 Å². The van der Waals surface area contributed by atoms with Crippen LogP contribution in [0.15, 0.2) is 24.3 Å². The highest BCUT2D eigenvalue weighted by atomic mass is 35.5. The van der Waals surface area contributed by atoms with Gasteiger partial charge in [0.2, 0.25) is 0 Å². The summed E-state index contributed by atoms with van der Waals surface area (Å²) in [6.07, 6.45) is 2.38. The van der Waals surface area contributed by atoms with Crippen molar-refractivity contribution in [3.63, 3.8) is 0 Å². The minimum Gasteiger partial charge on any atom is -0.348 e. The fourth-order valence-corrected chi connectivity index (χ4v) is 3.70. The van der Waals surface area contributed by atoms with Gasteiger partial charge in [0.05, 0.1) is 10.2 Å². The number of halogens is 1. The van der Waals surface area contributed by atoms with Crippen molar-refractivity contribution >= 4 is 38.3 Å². The number of anilines is 1. The first-order chi connectivity index (χ1) is 8.36. The number of thiazole rings is 1. The molecule has 0 aliphatic carbocycles. The molecule has 3 rings (SSSR count). The fraction of sp³-hybridized carbons (Fsp3) is 0.462. The highest BCUT2D eigenvalue weighted by molar-refractivity contribution is 7.22. The Kier molecular flexibility index (Phi) is 3.21. The molecule has 1 atom stereocenters. The quantitative estimate of drug-likeness (QED) is 0.787. The average molecular weight is 267 g/mol. The van der Waals surface area contributed by atoms with Gasteiger partial charge in [-0.25, -0.2) is 4.98 Å². The summed E-state index contributed by atoms with van der Waals surface area (Å²) in [6, 6.07) is 8.35. The number of nitrogens with zero attached hydrogens (tertiary/aromatic N) is 2. The van der Waals surface area contributed by atoms with Crippen molar-refractivity contribution in [1.82, 2.24) is 4.98 Å². The van der Waals surface area contributed by atoms with E-state index >= 15 is 0 Å². The molecule has 0 radical (unpaired) electrons. The van der Waals surface area contributed by atoms with E-state index in [9.17, 15) is 0 Å². The second-order valence-corrected chi connectivity index (χ2v) is 5.93. The molecule has 1 fully saturated rings. The second-order valence-electron chi connectivity index (χ2n) is 4.54. The summed E-state index contributed by atoms with van der Waals surface area (Å²) in [7, 11) is 0. The summed E-state index contributed by atoms with van der Waals surface area (Å²) in [4.78, 5) is 7.11. The van der Waals surface area contributed by atoms with E-state index in [4.69, 9.17) is 16.6 Å². The lowest BCUT2D eigenvalue weighted by Gasteiger charge is -2.14. The number of rotatable bonds is 3. The van der Waals surface area contributed by atoms with Crippen molar-refractivity contribution < 1.29 is 0 Å². The van der Waals surface area contributed by atoms with E-state index in [1.165, 1.54) is 16.3 Å². The molecule has 1 unspecified atom stereocenters. The van der Waals surface area contributed by atoms with Crippen LogP contribution in [0.1, 0.15) is 12.8 Å². The molecule has 0 N–H and O–H groups in total. The first-order valence-electron chi connectivity index (χ1n) is 6.03. The molecule has 0 saturated carbocycles. The van der Waals surface area contributed by atoms with Crippen molar-refractivity contribution in [1.29, 1.82) is 0 Å². The summed E-state index contributed by atoms with van der Waals surface area (Å²) in [6.45, 7) is 2.24. The topological polar surface area (TPSA) is 16.1 Å². The van der Waals surface area contributed by atoms with Gasteiger partial charge in [-0.05, 0) is 30.9 Å². The number of para-hydroxylation sites is 1. The van der Waals surface area contributed by atoms with Crippen molar-refractivity contribution in [2.75, 3.05) is 23.9 Å². The van der Waals surface area contributed by atoms with Gasteiger partial charge in [-0.3, -0.25) is 0 Å². The molecule has 1 aromatic heterocycles. The molecule has 1 saturated heterocycles. The minimum atomic E-state index is 0.750. The van der Waals surface area contributed by atoms with Crippen LogP contribution >= 0.6 is 22.9 Å². The largest absolute Gasteiger partial charge is 0.348 e. The number of alkyl halides is 1. The number of fused-ring (bicyclic) bond motifs is 1. The Morgan fingerprint density at radius 2 is 2.29 bits per heavy atom. The van der Waals surface area contributed by atoms with E-state index in [0.717, 1.165) is 36.8 Å². The van der Waals surface area contributed by atoms with E-state index in [1.54, 1.807) is 11.3 Å². The van der Waals surface area contributed by atoms with Gasteiger partial charge in [-0.15, -0.1) is 11.6 Å². The number of hydrogen-bond donors (Lipinski definition) is 0. The number of benzene rings is 1. The zero-order chi connectivity index (χ0) is 11.7. The lowest BCUT2D eigenvalue weighted by Crippen LogP contribution is -2.19. The summed E-state index contributed by atoms with van der Waals surface area (Å²) in [5, 5.41) is 1.17. The lowest BCUT2D eigenvalue weighted by molar-refractivity contribution is 0.572.